The number of aliphatic hydroxyl groups excluding tert-OH is 1. The minimum atomic E-state index is 0.736. The number of fused-ring (bicyclic) bond motifs is 1. The van der Waals surface area contributed by atoms with Crippen molar-refractivity contribution < 1.29 is 5.11 Å². The van der Waals surface area contributed by atoms with Crippen molar-refractivity contribution >= 4 is 10.9 Å². The lowest BCUT2D eigenvalue weighted by atomic mass is 10.1. The average molecular weight is 185 g/mol. The first-order valence-electron chi connectivity index (χ1n) is 4.53. The smallest absolute Gasteiger partial charge is 0.0755 e. The van der Waals surface area contributed by atoms with E-state index in [0.717, 1.165) is 23.6 Å². The fourth-order valence-corrected chi connectivity index (χ4v) is 1.52. The molecule has 0 amide bonds. The first-order chi connectivity index (χ1) is 6.92. The maximum Gasteiger partial charge on any atom is 0.0755 e. The van der Waals surface area contributed by atoms with E-state index < -0.39 is 0 Å². The first kappa shape index (κ1) is 8.75. The Morgan fingerprint density at radius 1 is 1.21 bits per heavy atom. The van der Waals surface area contributed by atoms with E-state index in [0.29, 0.717) is 0 Å². The third-order valence-corrected chi connectivity index (χ3v) is 2.18. The molecule has 0 saturated heterocycles. The summed E-state index contributed by atoms with van der Waals surface area (Å²) in [6.45, 7) is 0. The molecule has 0 spiro atoms. The number of hydrogen-bond donors (Lipinski definition) is 1. The summed E-state index contributed by atoms with van der Waals surface area (Å²) in [7, 11) is 0. The summed E-state index contributed by atoms with van der Waals surface area (Å²) in [5.74, 6) is 0. The second-order valence-corrected chi connectivity index (χ2v) is 3.08. The van der Waals surface area contributed by atoms with Gasteiger partial charge in [0.25, 0.3) is 0 Å². The first-order valence-corrected chi connectivity index (χ1v) is 4.53. The molecule has 0 fully saturated rings. The van der Waals surface area contributed by atoms with Gasteiger partial charge in [0.2, 0.25) is 0 Å². The monoisotopic (exact) mass is 185 g/mol. The quantitative estimate of drug-likeness (QED) is 0.730. The molecular weight excluding hydrogens is 174 g/mol. The van der Waals surface area contributed by atoms with Crippen LogP contribution in [0.25, 0.3) is 10.9 Å². The van der Waals surface area contributed by atoms with Gasteiger partial charge in [-0.1, -0.05) is 18.2 Å². The Morgan fingerprint density at radius 3 is 3.00 bits per heavy atom. The van der Waals surface area contributed by atoms with Crippen LogP contribution in [0.2, 0.25) is 0 Å². The average Bonchev–Trinajstić information content (AvgIpc) is 2.26. The maximum absolute atomic E-state index is 8.60. The predicted octanol–water partition coefficient (Wildman–Crippen LogP) is 2.85. The molecule has 0 bridgehead atoms. The molecule has 1 aromatic carbocycles. The van der Waals surface area contributed by atoms with Crippen LogP contribution in [0.1, 0.15) is 5.56 Å². The van der Waals surface area contributed by atoms with Crippen molar-refractivity contribution in [2.45, 2.75) is 6.42 Å². The van der Waals surface area contributed by atoms with E-state index in [1.54, 1.807) is 12.3 Å². The molecular formula is C12H11NO. The number of aliphatic hydroxyl groups is 1. The maximum atomic E-state index is 8.60. The second kappa shape index (κ2) is 3.92. The number of benzene rings is 1. The van der Waals surface area contributed by atoms with Gasteiger partial charge >= 0.3 is 0 Å². The minimum Gasteiger partial charge on any atom is -0.516 e. The number of nitrogens with zero attached hydrogens (tertiary/aromatic N) is 1. The van der Waals surface area contributed by atoms with Crippen LogP contribution in [0.5, 0.6) is 0 Å². The summed E-state index contributed by atoms with van der Waals surface area (Å²) in [6.07, 6.45) is 5.32. The number of pyridine rings is 1. The molecule has 1 heterocycles. The van der Waals surface area contributed by atoms with Gasteiger partial charge in [-0.05, 0) is 30.2 Å². The molecule has 0 unspecified atom stereocenters. The van der Waals surface area contributed by atoms with Crippen LogP contribution in [0.15, 0.2) is 48.9 Å². The highest BCUT2D eigenvalue weighted by Gasteiger charge is 1.98. The number of aromatic nitrogens is 1. The van der Waals surface area contributed by atoms with Crippen molar-refractivity contribution in [3.05, 3.63) is 54.4 Å². The van der Waals surface area contributed by atoms with Crippen molar-refractivity contribution in [3.63, 3.8) is 0 Å². The molecule has 1 N–H and O–H groups in total. The number of rotatable bonds is 2. The second-order valence-electron chi connectivity index (χ2n) is 3.08. The summed E-state index contributed by atoms with van der Waals surface area (Å²) in [5.41, 5.74) is 2.18. The third-order valence-electron chi connectivity index (χ3n) is 2.18. The van der Waals surface area contributed by atoms with E-state index in [1.165, 1.54) is 5.56 Å². The highest BCUT2D eigenvalue weighted by atomic mass is 16.2. The fraction of sp³-hybridized carbons (Fsp3) is 0.0833. The van der Waals surface area contributed by atoms with Crippen molar-refractivity contribution in [2.24, 2.45) is 0 Å². The Bertz CT molecular complexity index is 457. The van der Waals surface area contributed by atoms with E-state index in [4.69, 9.17) is 5.11 Å². The molecule has 14 heavy (non-hydrogen) atoms. The topological polar surface area (TPSA) is 33.1 Å². The van der Waals surface area contributed by atoms with Gasteiger partial charge in [-0.15, -0.1) is 0 Å². The predicted molar refractivity (Wildman–Crippen MR) is 57.2 cm³/mol. The highest BCUT2D eigenvalue weighted by Crippen LogP contribution is 2.16. The van der Waals surface area contributed by atoms with Crippen LogP contribution < -0.4 is 0 Å². The summed E-state index contributed by atoms with van der Waals surface area (Å²) < 4.78 is 0. The van der Waals surface area contributed by atoms with Gasteiger partial charge in [0.05, 0.1) is 11.8 Å². The molecule has 0 aliphatic heterocycles. The summed E-state index contributed by atoms with van der Waals surface area (Å²) in [6, 6.07) is 9.98. The molecule has 2 rings (SSSR count). The molecule has 2 nitrogen and oxygen atoms in total. The molecule has 2 aromatic rings. The zero-order chi connectivity index (χ0) is 9.80. The molecule has 0 atom stereocenters. The Kier molecular flexibility index (Phi) is 2.45. The van der Waals surface area contributed by atoms with E-state index >= 15 is 0 Å². The van der Waals surface area contributed by atoms with Gasteiger partial charge in [0, 0.05) is 11.6 Å². The van der Waals surface area contributed by atoms with Crippen LogP contribution in [-0.4, -0.2) is 10.1 Å². The SMILES string of the molecule is O/C=C/Cc1cccc2ncccc12. The number of hydrogen-bond acceptors (Lipinski definition) is 2. The van der Waals surface area contributed by atoms with Gasteiger partial charge in [-0.25, -0.2) is 0 Å². The third kappa shape index (κ3) is 1.59. The zero-order valence-electron chi connectivity index (χ0n) is 7.72. The Balaban J connectivity index is 2.53. The molecule has 1 aromatic heterocycles. The molecule has 0 aliphatic rings. The van der Waals surface area contributed by atoms with E-state index in [9.17, 15) is 0 Å². The Hall–Kier alpha value is -1.83. The molecule has 0 radical (unpaired) electrons. The summed E-state index contributed by atoms with van der Waals surface area (Å²) in [5, 5.41) is 9.75. The number of allylic oxidation sites excluding steroid dienone is 1. The van der Waals surface area contributed by atoms with E-state index in [2.05, 4.69) is 4.98 Å². The summed E-state index contributed by atoms with van der Waals surface area (Å²) in [4.78, 5) is 4.26. The van der Waals surface area contributed by atoms with Gasteiger partial charge in [0.15, 0.2) is 0 Å². The highest BCUT2D eigenvalue weighted by molar-refractivity contribution is 5.82. The largest absolute Gasteiger partial charge is 0.516 e. The van der Waals surface area contributed by atoms with Crippen molar-refractivity contribution in [2.75, 3.05) is 0 Å². The van der Waals surface area contributed by atoms with Gasteiger partial charge in [0.1, 0.15) is 0 Å². The van der Waals surface area contributed by atoms with Crippen molar-refractivity contribution in [3.8, 4) is 0 Å². The van der Waals surface area contributed by atoms with Crippen LogP contribution in [0, 0.1) is 0 Å². The van der Waals surface area contributed by atoms with Crippen LogP contribution in [0.4, 0.5) is 0 Å². The van der Waals surface area contributed by atoms with Crippen molar-refractivity contribution in [1.29, 1.82) is 0 Å². The van der Waals surface area contributed by atoms with Gasteiger partial charge in [-0.3, -0.25) is 4.98 Å². The molecule has 70 valence electrons. The lowest BCUT2D eigenvalue weighted by Gasteiger charge is -2.02. The van der Waals surface area contributed by atoms with Gasteiger partial charge in [-0.2, -0.15) is 0 Å². The normalized spacial score (nSPS) is 11.1. The van der Waals surface area contributed by atoms with Gasteiger partial charge < -0.3 is 5.11 Å². The van der Waals surface area contributed by atoms with E-state index in [1.807, 2.05) is 30.3 Å². The lowest BCUT2D eigenvalue weighted by molar-refractivity contribution is 0.471. The Labute approximate surface area is 82.5 Å². The fourth-order valence-electron chi connectivity index (χ4n) is 1.52. The van der Waals surface area contributed by atoms with Crippen LogP contribution in [0.3, 0.4) is 0 Å². The lowest BCUT2D eigenvalue weighted by Crippen LogP contribution is -1.85. The molecule has 2 heteroatoms. The molecule has 0 saturated carbocycles. The standard InChI is InChI=1S/C12H11NO/c14-9-3-5-10-4-1-7-12-11(10)6-2-8-13-12/h1-4,6-9,14H,5H2/b9-3+. The summed E-state index contributed by atoms with van der Waals surface area (Å²) >= 11 is 0. The molecule has 0 aliphatic carbocycles. The minimum absolute atomic E-state index is 0.736. The zero-order valence-corrected chi connectivity index (χ0v) is 7.72. The Morgan fingerprint density at radius 2 is 2.14 bits per heavy atom. The van der Waals surface area contributed by atoms with Crippen LogP contribution in [-0.2, 0) is 6.42 Å². The van der Waals surface area contributed by atoms with E-state index in [-0.39, 0.29) is 0 Å². The van der Waals surface area contributed by atoms with Crippen LogP contribution >= 0.6 is 0 Å². The van der Waals surface area contributed by atoms with Crippen molar-refractivity contribution in [1.82, 2.24) is 4.98 Å².